The second-order valence-corrected chi connectivity index (χ2v) is 9.21. The zero-order valence-corrected chi connectivity index (χ0v) is 16.0. The van der Waals surface area contributed by atoms with E-state index in [1.807, 2.05) is 0 Å². The van der Waals surface area contributed by atoms with E-state index >= 15 is 0 Å². The van der Waals surface area contributed by atoms with Crippen LogP contribution in [0.3, 0.4) is 0 Å². The summed E-state index contributed by atoms with van der Waals surface area (Å²) in [5, 5.41) is 0.288. The lowest BCUT2D eigenvalue weighted by Crippen LogP contribution is -2.50. The highest BCUT2D eigenvalue weighted by Gasteiger charge is 2.54. The minimum Gasteiger partial charge on any atom is -0.465 e. The summed E-state index contributed by atoms with van der Waals surface area (Å²) in [5.41, 5.74) is -0.0272. The van der Waals surface area contributed by atoms with E-state index in [1.165, 1.54) is 38.1 Å². The molecular weight excluding hydrogens is 352 g/mol. The second kappa shape index (κ2) is 6.51. The Bertz CT molecular complexity index is 781. The number of carbonyl (C=O) groups excluding carboxylic acids is 2. The van der Waals surface area contributed by atoms with Gasteiger partial charge in [-0.2, -0.15) is 4.98 Å². The standard InChI is InChI=1S/C19H24N2O4S/c1-10-15(17(23)25-2)16(21-18(24)20-10)26-9-14(22)19-6-11-3-12(7-19)5-13(4-11)8-19/h11-13H,3-9H2,1-2H3,(H,20,21,24). The molecule has 4 bridgehead atoms. The lowest BCUT2D eigenvalue weighted by molar-refractivity contribution is -0.141. The molecule has 0 saturated heterocycles. The van der Waals surface area contributed by atoms with Gasteiger partial charge < -0.3 is 9.72 Å². The van der Waals surface area contributed by atoms with Gasteiger partial charge in [0.25, 0.3) is 0 Å². The van der Waals surface area contributed by atoms with Gasteiger partial charge in [0.05, 0.1) is 12.9 Å². The van der Waals surface area contributed by atoms with Crippen LogP contribution < -0.4 is 5.69 Å². The first kappa shape index (κ1) is 17.8. The van der Waals surface area contributed by atoms with Gasteiger partial charge in [-0.15, -0.1) is 0 Å². The number of esters is 1. The van der Waals surface area contributed by atoms with Crippen molar-refractivity contribution in [2.24, 2.45) is 23.2 Å². The van der Waals surface area contributed by atoms with Gasteiger partial charge in [0.15, 0.2) is 0 Å². The average molecular weight is 376 g/mol. The van der Waals surface area contributed by atoms with Gasteiger partial charge in [0, 0.05) is 11.1 Å². The smallest absolute Gasteiger partial charge is 0.346 e. The summed E-state index contributed by atoms with van der Waals surface area (Å²) in [6.07, 6.45) is 6.93. The molecule has 7 heteroatoms. The molecule has 0 atom stereocenters. The molecular formula is C19H24N2O4S. The number of carbonyl (C=O) groups is 2. The molecule has 26 heavy (non-hydrogen) atoms. The highest BCUT2D eigenvalue weighted by molar-refractivity contribution is 8.00. The largest absolute Gasteiger partial charge is 0.465 e. The molecule has 140 valence electrons. The average Bonchev–Trinajstić information content (AvgIpc) is 2.57. The Morgan fingerprint density at radius 1 is 1.19 bits per heavy atom. The zero-order chi connectivity index (χ0) is 18.5. The van der Waals surface area contributed by atoms with Crippen LogP contribution in [0.1, 0.15) is 54.6 Å². The molecule has 0 aromatic carbocycles. The van der Waals surface area contributed by atoms with Gasteiger partial charge in [-0.25, -0.2) is 9.59 Å². The van der Waals surface area contributed by atoms with E-state index < -0.39 is 11.7 Å². The number of methoxy groups -OCH3 is 1. The van der Waals surface area contributed by atoms with E-state index in [4.69, 9.17) is 4.74 Å². The molecule has 1 aromatic heterocycles. The summed E-state index contributed by atoms with van der Waals surface area (Å²) in [4.78, 5) is 43.4. The summed E-state index contributed by atoms with van der Waals surface area (Å²) in [5.74, 6) is 2.10. The fourth-order valence-corrected chi connectivity index (χ4v) is 6.85. The molecule has 0 unspecified atom stereocenters. The van der Waals surface area contributed by atoms with Gasteiger partial charge >= 0.3 is 11.7 Å². The lowest BCUT2D eigenvalue weighted by Gasteiger charge is -2.56. The SMILES string of the molecule is COC(=O)c1c(SCC(=O)C23CC4CC(CC(C4)C2)C3)nc(=O)[nH]c1C. The lowest BCUT2D eigenvalue weighted by atomic mass is 9.48. The number of hydrogen-bond donors (Lipinski definition) is 1. The van der Waals surface area contributed by atoms with Crippen LogP contribution in [0.4, 0.5) is 0 Å². The molecule has 1 aromatic rings. The number of aromatic amines is 1. The minimum absolute atomic E-state index is 0.177. The first-order valence-electron chi connectivity index (χ1n) is 9.25. The number of nitrogens with zero attached hydrogens (tertiary/aromatic N) is 1. The Labute approximate surface area is 156 Å². The Hall–Kier alpha value is -1.63. The minimum atomic E-state index is -0.545. The van der Waals surface area contributed by atoms with Gasteiger partial charge in [-0.3, -0.25) is 4.79 Å². The summed E-state index contributed by atoms with van der Waals surface area (Å²) in [7, 11) is 1.29. The van der Waals surface area contributed by atoms with Crippen LogP contribution >= 0.6 is 11.8 Å². The third-order valence-corrected chi connectivity index (χ3v) is 7.42. The fraction of sp³-hybridized carbons (Fsp3) is 0.684. The summed E-state index contributed by atoms with van der Waals surface area (Å²) in [6.45, 7) is 1.64. The van der Waals surface area contributed by atoms with Crippen molar-refractivity contribution in [2.45, 2.75) is 50.5 Å². The molecule has 0 aliphatic heterocycles. The Balaban J connectivity index is 1.54. The number of rotatable bonds is 5. The topological polar surface area (TPSA) is 89.1 Å². The summed E-state index contributed by atoms with van der Waals surface area (Å²) >= 11 is 1.19. The van der Waals surface area contributed by atoms with E-state index in [0.29, 0.717) is 23.4 Å². The van der Waals surface area contributed by atoms with Crippen LogP contribution in [0.5, 0.6) is 0 Å². The highest BCUT2D eigenvalue weighted by Crippen LogP contribution is 2.60. The molecule has 5 rings (SSSR count). The number of aromatic nitrogens is 2. The molecule has 0 amide bonds. The molecule has 4 aliphatic carbocycles. The van der Waals surface area contributed by atoms with Gasteiger partial charge in [-0.05, 0) is 63.2 Å². The number of Topliss-reactive ketones (excluding diaryl/α,β-unsaturated/α-hetero) is 1. The monoisotopic (exact) mass is 376 g/mol. The summed E-state index contributed by atoms with van der Waals surface area (Å²) in [6, 6.07) is 0. The highest BCUT2D eigenvalue weighted by atomic mass is 32.2. The van der Waals surface area contributed by atoms with E-state index in [9.17, 15) is 14.4 Å². The quantitative estimate of drug-likeness (QED) is 0.483. The maximum Gasteiger partial charge on any atom is 0.346 e. The Morgan fingerprint density at radius 2 is 1.77 bits per heavy atom. The zero-order valence-electron chi connectivity index (χ0n) is 15.2. The number of ether oxygens (including phenoxy) is 1. The number of H-pyrrole nitrogens is 1. The predicted octanol–water partition coefficient (Wildman–Crippen LogP) is 2.74. The Kier molecular flexibility index (Phi) is 4.45. The van der Waals surface area contributed by atoms with Crippen molar-refractivity contribution >= 4 is 23.5 Å². The maximum atomic E-state index is 13.1. The molecule has 4 saturated carbocycles. The first-order chi connectivity index (χ1) is 12.4. The molecule has 1 N–H and O–H groups in total. The van der Waals surface area contributed by atoms with Crippen molar-refractivity contribution in [3.05, 3.63) is 21.7 Å². The van der Waals surface area contributed by atoms with Crippen molar-refractivity contribution in [1.82, 2.24) is 9.97 Å². The molecule has 1 heterocycles. The fourth-order valence-electron chi connectivity index (χ4n) is 5.75. The molecule has 4 fully saturated rings. The van der Waals surface area contributed by atoms with Crippen LogP contribution in [0, 0.1) is 30.1 Å². The number of aryl methyl sites for hydroxylation is 1. The number of thioether (sulfide) groups is 1. The van der Waals surface area contributed by atoms with E-state index in [0.717, 1.165) is 19.3 Å². The Morgan fingerprint density at radius 3 is 2.31 bits per heavy atom. The van der Waals surface area contributed by atoms with Crippen molar-refractivity contribution in [3.63, 3.8) is 0 Å². The summed E-state index contributed by atoms with van der Waals surface area (Å²) < 4.78 is 4.81. The van der Waals surface area contributed by atoms with Crippen LogP contribution in [-0.2, 0) is 9.53 Å². The van der Waals surface area contributed by atoms with Crippen molar-refractivity contribution in [3.8, 4) is 0 Å². The van der Waals surface area contributed by atoms with E-state index in [-0.39, 0.29) is 27.5 Å². The van der Waals surface area contributed by atoms with Gasteiger partial charge in [0.1, 0.15) is 16.4 Å². The van der Waals surface area contributed by atoms with E-state index in [1.54, 1.807) is 6.92 Å². The first-order valence-corrected chi connectivity index (χ1v) is 10.2. The van der Waals surface area contributed by atoms with Crippen molar-refractivity contribution in [1.29, 1.82) is 0 Å². The second-order valence-electron chi connectivity index (χ2n) is 8.25. The third kappa shape index (κ3) is 3.00. The predicted molar refractivity (Wildman–Crippen MR) is 97.3 cm³/mol. The van der Waals surface area contributed by atoms with Gasteiger partial charge in [0.2, 0.25) is 0 Å². The van der Waals surface area contributed by atoms with Crippen LogP contribution in [0.25, 0.3) is 0 Å². The van der Waals surface area contributed by atoms with Gasteiger partial charge in [-0.1, -0.05) is 11.8 Å². The number of nitrogens with one attached hydrogen (secondary N) is 1. The normalized spacial score (nSPS) is 31.8. The van der Waals surface area contributed by atoms with Crippen LogP contribution in [0.2, 0.25) is 0 Å². The molecule has 0 radical (unpaired) electrons. The number of hydrogen-bond acceptors (Lipinski definition) is 6. The molecule has 4 aliphatic rings. The molecule has 0 spiro atoms. The number of ketones is 1. The molecule has 6 nitrogen and oxygen atoms in total. The maximum absolute atomic E-state index is 13.1. The van der Waals surface area contributed by atoms with Crippen LogP contribution in [0.15, 0.2) is 9.82 Å². The van der Waals surface area contributed by atoms with Crippen molar-refractivity contribution in [2.75, 3.05) is 12.9 Å². The van der Waals surface area contributed by atoms with Crippen LogP contribution in [-0.4, -0.2) is 34.6 Å². The third-order valence-electron chi connectivity index (χ3n) is 6.45. The van der Waals surface area contributed by atoms with Crippen molar-refractivity contribution < 1.29 is 14.3 Å². The van der Waals surface area contributed by atoms with E-state index in [2.05, 4.69) is 9.97 Å².